The van der Waals surface area contributed by atoms with Gasteiger partial charge in [0.25, 0.3) is 0 Å². The largest absolute Gasteiger partial charge is 0.204 e. The lowest BCUT2D eigenvalue weighted by molar-refractivity contribution is 0.225. The maximum atomic E-state index is 13.5. The average Bonchev–Trinajstić information content (AvgIpc) is 2.70. The van der Waals surface area contributed by atoms with E-state index >= 15 is 0 Å². The van der Waals surface area contributed by atoms with Crippen LogP contribution >= 0.6 is 0 Å². The lowest BCUT2D eigenvalue weighted by atomic mass is 9.74. The summed E-state index contributed by atoms with van der Waals surface area (Å²) in [5.41, 5.74) is 0.989. The molecule has 0 bridgehead atoms. The van der Waals surface area contributed by atoms with Crippen molar-refractivity contribution in [2.45, 2.75) is 89.9 Å². The Kier molecular flexibility index (Phi) is 7.91. The number of rotatable bonds is 7. The molecule has 3 rings (SSSR count). The van der Waals surface area contributed by atoms with E-state index in [-0.39, 0.29) is 0 Å². The van der Waals surface area contributed by atoms with Crippen LogP contribution in [0.25, 0.3) is 0 Å². The van der Waals surface area contributed by atoms with Crippen molar-refractivity contribution >= 4 is 0 Å². The molecule has 1 aromatic rings. The molecular weight excluding hydrogens is 338 g/mol. The van der Waals surface area contributed by atoms with E-state index < -0.39 is 11.6 Å². The Morgan fingerprint density at radius 2 is 1.33 bits per heavy atom. The zero-order valence-electron chi connectivity index (χ0n) is 16.9. The number of hydrogen-bond donors (Lipinski definition) is 0. The summed E-state index contributed by atoms with van der Waals surface area (Å²) in [7, 11) is 0. The highest BCUT2D eigenvalue weighted by atomic mass is 19.2. The fourth-order valence-corrected chi connectivity index (χ4v) is 5.33. The van der Waals surface area contributed by atoms with Crippen molar-refractivity contribution in [2.75, 3.05) is 0 Å². The van der Waals surface area contributed by atoms with Crippen molar-refractivity contribution in [3.8, 4) is 0 Å². The Labute approximate surface area is 164 Å². The van der Waals surface area contributed by atoms with E-state index in [9.17, 15) is 8.78 Å². The molecule has 0 aliphatic heterocycles. The van der Waals surface area contributed by atoms with Crippen LogP contribution in [0.2, 0.25) is 0 Å². The van der Waals surface area contributed by atoms with Crippen LogP contribution in [0.1, 0.15) is 95.5 Å². The van der Waals surface area contributed by atoms with Crippen LogP contribution in [0.3, 0.4) is 0 Å². The molecule has 0 unspecified atom stereocenters. The van der Waals surface area contributed by atoms with Crippen LogP contribution < -0.4 is 0 Å². The lowest BCUT2D eigenvalue weighted by Crippen LogP contribution is -2.18. The summed E-state index contributed by atoms with van der Waals surface area (Å²) in [4.78, 5) is 0. The maximum absolute atomic E-state index is 13.5. The molecular formula is C25H36F2. The number of benzene rings is 1. The molecule has 0 saturated heterocycles. The molecule has 2 fully saturated rings. The summed E-state index contributed by atoms with van der Waals surface area (Å²) >= 11 is 0. The third-order valence-corrected chi connectivity index (χ3v) is 7.19. The molecule has 0 heterocycles. The van der Waals surface area contributed by atoms with E-state index in [2.05, 4.69) is 19.1 Å². The highest BCUT2D eigenvalue weighted by Crippen LogP contribution is 2.40. The molecule has 0 spiro atoms. The van der Waals surface area contributed by atoms with Gasteiger partial charge in [-0.05, 0) is 86.8 Å². The second-order valence-corrected chi connectivity index (χ2v) is 9.00. The molecule has 0 aromatic heterocycles. The fourth-order valence-electron chi connectivity index (χ4n) is 5.33. The van der Waals surface area contributed by atoms with Gasteiger partial charge in [-0.25, -0.2) is 8.78 Å². The van der Waals surface area contributed by atoms with E-state index in [1.54, 1.807) is 6.07 Å². The zero-order chi connectivity index (χ0) is 19.1. The molecule has 2 heteroatoms. The third kappa shape index (κ3) is 6.16. The second kappa shape index (κ2) is 10.4. The first-order chi connectivity index (χ1) is 13.2. The van der Waals surface area contributed by atoms with Gasteiger partial charge in [-0.15, -0.1) is 0 Å². The predicted molar refractivity (Wildman–Crippen MR) is 110 cm³/mol. The summed E-state index contributed by atoms with van der Waals surface area (Å²) in [5, 5.41) is 0. The summed E-state index contributed by atoms with van der Waals surface area (Å²) in [6.45, 7) is 2.11. The Hall–Kier alpha value is -1.18. The smallest absolute Gasteiger partial charge is 0.159 e. The minimum absolute atomic E-state index is 0.420. The Morgan fingerprint density at radius 3 is 1.89 bits per heavy atom. The van der Waals surface area contributed by atoms with Gasteiger partial charge in [-0.2, -0.15) is 0 Å². The van der Waals surface area contributed by atoms with E-state index in [1.165, 1.54) is 76.3 Å². The van der Waals surface area contributed by atoms with Gasteiger partial charge in [-0.1, -0.05) is 56.7 Å². The molecule has 0 atom stereocenters. The molecule has 2 aliphatic carbocycles. The lowest BCUT2D eigenvalue weighted by Gasteiger charge is -2.32. The standard InChI is InChI=1S/C25H36F2/c1-2-3-4-5-19-6-8-20(9-7-19)10-11-21-12-14-22(15-13-21)23-16-17-24(26)25(27)18-23/h2-3,16-22H,4-15H2,1H3/b3-2+/t19-,20-,21?,22?. The predicted octanol–water partition coefficient (Wildman–Crippen LogP) is 8.18. The van der Waals surface area contributed by atoms with Gasteiger partial charge in [0.2, 0.25) is 0 Å². The molecule has 0 amide bonds. The van der Waals surface area contributed by atoms with Crippen LogP contribution in [0, 0.1) is 29.4 Å². The van der Waals surface area contributed by atoms with Crippen molar-refractivity contribution in [3.05, 3.63) is 47.5 Å². The van der Waals surface area contributed by atoms with Crippen LogP contribution in [-0.2, 0) is 0 Å². The quantitative estimate of drug-likeness (QED) is 0.422. The molecule has 0 nitrogen and oxygen atoms in total. The van der Waals surface area contributed by atoms with E-state index in [0.717, 1.165) is 36.2 Å². The first-order valence-electron chi connectivity index (χ1n) is 11.2. The molecule has 27 heavy (non-hydrogen) atoms. The monoisotopic (exact) mass is 374 g/mol. The Balaban J connectivity index is 1.34. The highest BCUT2D eigenvalue weighted by molar-refractivity contribution is 5.22. The SMILES string of the molecule is C/C=C/CC[C@H]1CC[C@H](CCC2CCC(c3ccc(F)c(F)c3)CC2)CC1. The van der Waals surface area contributed by atoms with Crippen LogP contribution in [0.15, 0.2) is 30.4 Å². The van der Waals surface area contributed by atoms with Crippen LogP contribution in [-0.4, -0.2) is 0 Å². The van der Waals surface area contributed by atoms with Gasteiger partial charge in [0.15, 0.2) is 11.6 Å². The summed E-state index contributed by atoms with van der Waals surface area (Å²) in [6, 6.07) is 4.47. The molecule has 0 N–H and O–H groups in total. The van der Waals surface area contributed by atoms with E-state index in [0.29, 0.717) is 5.92 Å². The Morgan fingerprint density at radius 1 is 0.778 bits per heavy atom. The van der Waals surface area contributed by atoms with Gasteiger partial charge in [0.1, 0.15) is 0 Å². The number of halogens is 2. The van der Waals surface area contributed by atoms with E-state index in [1.807, 2.05) is 0 Å². The van der Waals surface area contributed by atoms with Crippen molar-refractivity contribution in [1.82, 2.24) is 0 Å². The summed E-state index contributed by atoms with van der Waals surface area (Å²) < 4.78 is 26.6. The minimum atomic E-state index is -0.732. The average molecular weight is 375 g/mol. The van der Waals surface area contributed by atoms with E-state index in [4.69, 9.17) is 0 Å². The molecule has 2 saturated carbocycles. The first-order valence-corrected chi connectivity index (χ1v) is 11.2. The van der Waals surface area contributed by atoms with Crippen molar-refractivity contribution in [2.24, 2.45) is 17.8 Å². The van der Waals surface area contributed by atoms with Crippen LogP contribution in [0.5, 0.6) is 0 Å². The molecule has 2 aliphatic rings. The number of allylic oxidation sites excluding steroid dienone is 2. The maximum Gasteiger partial charge on any atom is 0.159 e. The number of hydrogen-bond acceptors (Lipinski definition) is 0. The summed E-state index contributed by atoms with van der Waals surface area (Å²) in [5.74, 6) is 1.75. The zero-order valence-corrected chi connectivity index (χ0v) is 16.9. The Bertz CT molecular complexity index is 590. The third-order valence-electron chi connectivity index (χ3n) is 7.19. The normalized spacial score (nSPS) is 29.3. The topological polar surface area (TPSA) is 0 Å². The molecule has 150 valence electrons. The van der Waals surface area contributed by atoms with Gasteiger partial charge in [0.05, 0.1) is 0 Å². The molecule has 1 aromatic carbocycles. The fraction of sp³-hybridized carbons (Fsp3) is 0.680. The highest BCUT2D eigenvalue weighted by Gasteiger charge is 2.25. The van der Waals surface area contributed by atoms with Gasteiger partial charge in [0, 0.05) is 0 Å². The first kappa shape index (κ1) is 20.6. The van der Waals surface area contributed by atoms with Gasteiger partial charge < -0.3 is 0 Å². The van der Waals surface area contributed by atoms with Crippen molar-refractivity contribution < 1.29 is 8.78 Å². The second-order valence-electron chi connectivity index (χ2n) is 9.00. The van der Waals surface area contributed by atoms with Crippen molar-refractivity contribution in [1.29, 1.82) is 0 Å². The summed E-state index contributed by atoms with van der Waals surface area (Å²) in [6.07, 6.45) is 20.4. The van der Waals surface area contributed by atoms with Crippen LogP contribution in [0.4, 0.5) is 8.78 Å². The van der Waals surface area contributed by atoms with Gasteiger partial charge in [-0.3, -0.25) is 0 Å². The van der Waals surface area contributed by atoms with Crippen molar-refractivity contribution in [3.63, 3.8) is 0 Å². The molecule has 0 radical (unpaired) electrons. The minimum Gasteiger partial charge on any atom is -0.204 e. The van der Waals surface area contributed by atoms with Gasteiger partial charge >= 0.3 is 0 Å².